The Kier molecular flexibility index (Phi) is 7.57. The number of rotatable bonds is 5. The Morgan fingerprint density at radius 3 is 2.33 bits per heavy atom. The number of amides is 3. The Bertz CT molecular complexity index is 599. The van der Waals surface area contributed by atoms with E-state index in [2.05, 4.69) is 10.6 Å². The number of esters is 1. The van der Waals surface area contributed by atoms with Crippen LogP contribution in [0.5, 0.6) is 0 Å². The van der Waals surface area contributed by atoms with Crippen molar-refractivity contribution in [3.8, 4) is 0 Å². The van der Waals surface area contributed by atoms with Gasteiger partial charge in [-0.25, -0.2) is 4.79 Å². The molecule has 0 aliphatic heterocycles. The molecule has 132 valence electrons. The van der Waals surface area contributed by atoms with Crippen molar-refractivity contribution in [1.29, 1.82) is 0 Å². The van der Waals surface area contributed by atoms with Crippen molar-refractivity contribution in [3.05, 3.63) is 29.3 Å². The van der Waals surface area contributed by atoms with Crippen LogP contribution in [0.15, 0.2) is 29.2 Å². The summed E-state index contributed by atoms with van der Waals surface area (Å²) < 4.78 is 4.91. The number of benzene rings is 1. The first-order valence-electron chi connectivity index (χ1n) is 7.27. The summed E-state index contributed by atoms with van der Waals surface area (Å²) in [5.41, 5.74) is -0.467. The van der Waals surface area contributed by atoms with Gasteiger partial charge in [0, 0.05) is 15.5 Å². The lowest BCUT2D eigenvalue weighted by atomic mass is 10.1. The molecule has 0 unspecified atom stereocenters. The summed E-state index contributed by atoms with van der Waals surface area (Å²) in [4.78, 5) is 35.9. The van der Waals surface area contributed by atoms with Crippen molar-refractivity contribution in [2.45, 2.75) is 43.4 Å². The van der Waals surface area contributed by atoms with E-state index in [1.54, 1.807) is 52.0 Å². The Morgan fingerprint density at radius 1 is 1.21 bits per heavy atom. The number of carbonyl (C=O) groups excluding carboxylic acids is 3. The van der Waals surface area contributed by atoms with Crippen molar-refractivity contribution < 1.29 is 19.1 Å². The molecule has 8 heteroatoms. The quantitative estimate of drug-likeness (QED) is 0.613. The molecule has 0 bridgehead atoms. The van der Waals surface area contributed by atoms with Gasteiger partial charge in [0.1, 0.15) is 5.25 Å². The first-order chi connectivity index (χ1) is 11.1. The van der Waals surface area contributed by atoms with Crippen LogP contribution >= 0.6 is 23.4 Å². The number of hydrogen-bond donors (Lipinski definition) is 2. The SMILES string of the molecule is C[C@H](Sc1ccc(Cl)cc1)C(=O)OCC(=O)NC(=O)NC(C)(C)C. The van der Waals surface area contributed by atoms with Gasteiger partial charge in [0.15, 0.2) is 6.61 Å². The van der Waals surface area contributed by atoms with Gasteiger partial charge >= 0.3 is 12.0 Å². The fourth-order valence-corrected chi connectivity index (χ4v) is 2.55. The molecule has 0 aliphatic carbocycles. The van der Waals surface area contributed by atoms with Gasteiger partial charge in [-0.15, -0.1) is 11.8 Å². The van der Waals surface area contributed by atoms with Crippen LogP contribution in [0, 0.1) is 0 Å². The summed E-state index contributed by atoms with van der Waals surface area (Å²) in [5, 5.41) is 4.78. The summed E-state index contributed by atoms with van der Waals surface area (Å²) >= 11 is 7.09. The molecule has 1 aromatic carbocycles. The van der Waals surface area contributed by atoms with Crippen LogP contribution in [0.3, 0.4) is 0 Å². The molecule has 0 saturated carbocycles. The Hall–Kier alpha value is -1.73. The van der Waals surface area contributed by atoms with Crippen LogP contribution in [0.2, 0.25) is 5.02 Å². The van der Waals surface area contributed by atoms with Gasteiger partial charge in [0.2, 0.25) is 0 Å². The van der Waals surface area contributed by atoms with Gasteiger partial charge in [-0.1, -0.05) is 11.6 Å². The number of carbonyl (C=O) groups is 3. The molecule has 0 radical (unpaired) electrons. The predicted octanol–water partition coefficient (Wildman–Crippen LogP) is 2.99. The van der Waals surface area contributed by atoms with E-state index in [1.807, 2.05) is 0 Å². The summed E-state index contributed by atoms with van der Waals surface area (Å²) in [7, 11) is 0. The molecule has 1 aromatic rings. The fourth-order valence-electron chi connectivity index (χ4n) is 1.55. The molecule has 3 amide bonds. The first-order valence-corrected chi connectivity index (χ1v) is 8.53. The molecule has 0 fully saturated rings. The highest BCUT2D eigenvalue weighted by atomic mass is 35.5. The van der Waals surface area contributed by atoms with Gasteiger partial charge in [0.05, 0.1) is 0 Å². The molecular formula is C16H21ClN2O4S. The number of halogens is 1. The minimum atomic E-state index is -0.686. The van der Waals surface area contributed by atoms with Crippen molar-refractivity contribution >= 4 is 41.3 Å². The zero-order valence-corrected chi connectivity index (χ0v) is 15.6. The molecule has 6 nitrogen and oxygen atoms in total. The topological polar surface area (TPSA) is 84.5 Å². The van der Waals surface area contributed by atoms with Crippen LogP contribution in [-0.2, 0) is 14.3 Å². The minimum Gasteiger partial charge on any atom is -0.455 e. The van der Waals surface area contributed by atoms with Gasteiger partial charge in [-0.3, -0.25) is 14.9 Å². The molecule has 1 rings (SSSR count). The first kappa shape index (κ1) is 20.3. The lowest BCUT2D eigenvalue weighted by molar-refractivity contribution is -0.147. The Labute approximate surface area is 150 Å². The van der Waals surface area contributed by atoms with Gasteiger partial charge in [-0.2, -0.15) is 0 Å². The van der Waals surface area contributed by atoms with E-state index in [-0.39, 0.29) is 0 Å². The average Bonchev–Trinajstić information content (AvgIpc) is 2.45. The van der Waals surface area contributed by atoms with Crippen LogP contribution in [0.25, 0.3) is 0 Å². The van der Waals surface area contributed by atoms with E-state index in [9.17, 15) is 14.4 Å². The largest absolute Gasteiger partial charge is 0.455 e. The summed E-state index contributed by atoms with van der Waals surface area (Å²) in [5.74, 6) is -1.23. The van der Waals surface area contributed by atoms with E-state index in [4.69, 9.17) is 16.3 Å². The molecule has 0 aliphatic rings. The van der Waals surface area contributed by atoms with E-state index < -0.39 is 35.3 Å². The third-order valence-corrected chi connectivity index (χ3v) is 3.89. The maximum Gasteiger partial charge on any atom is 0.321 e. The molecule has 0 spiro atoms. The fraction of sp³-hybridized carbons (Fsp3) is 0.438. The number of ether oxygens (including phenoxy) is 1. The third-order valence-electron chi connectivity index (χ3n) is 2.55. The second-order valence-electron chi connectivity index (χ2n) is 6.07. The van der Waals surface area contributed by atoms with Crippen molar-refractivity contribution in [1.82, 2.24) is 10.6 Å². The number of urea groups is 1. The van der Waals surface area contributed by atoms with Gasteiger partial charge in [0.25, 0.3) is 5.91 Å². The van der Waals surface area contributed by atoms with Crippen LogP contribution in [-0.4, -0.2) is 35.3 Å². The van der Waals surface area contributed by atoms with Gasteiger partial charge < -0.3 is 10.1 Å². The molecule has 2 N–H and O–H groups in total. The van der Waals surface area contributed by atoms with Crippen LogP contribution in [0.4, 0.5) is 4.79 Å². The summed E-state index contributed by atoms with van der Waals surface area (Å²) in [6.07, 6.45) is 0. The number of hydrogen-bond acceptors (Lipinski definition) is 5. The Morgan fingerprint density at radius 2 is 1.79 bits per heavy atom. The summed E-state index contributed by atoms with van der Waals surface area (Å²) in [6.45, 7) is 6.51. The zero-order chi connectivity index (χ0) is 18.3. The van der Waals surface area contributed by atoms with Crippen LogP contribution < -0.4 is 10.6 Å². The number of nitrogens with one attached hydrogen (secondary N) is 2. The van der Waals surface area contributed by atoms with Gasteiger partial charge in [-0.05, 0) is 52.0 Å². The second-order valence-corrected chi connectivity index (χ2v) is 7.92. The number of thioether (sulfide) groups is 1. The highest BCUT2D eigenvalue weighted by Gasteiger charge is 2.19. The van der Waals surface area contributed by atoms with E-state index in [0.29, 0.717) is 5.02 Å². The lowest BCUT2D eigenvalue weighted by Crippen LogP contribution is -2.49. The summed E-state index contributed by atoms with van der Waals surface area (Å²) in [6, 6.07) is 6.40. The molecule has 0 saturated heterocycles. The monoisotopic (exact) mass is 372 g/mol. The van der Waals surface area contributed by atoms with Crippen molar-refractivity contribution in [2.24, 2.45) is 0 Å². The van der Waals surface area contributed by atoms with Crippen LogP contribution in [0.1, 0.15) is 27.7 Å². The highest BCUT2D eigenvalue weighted by Crippen LogP contribution is 2.25. The van der Waals surface area contributed by atoms with E-state index in [0.717, 1.165) is 4.90 Å². The molecular weight excluding hydrogens is 352 g/mol. The zero-order valence-electron chi connectivity index (χ0n) is 14.0. The van der Waals surface area contributed by atoms with Crippen molar-refractivity contribution in [3.63, 3.8) is 0 Å². The van der Waals surface area contributed by atoms with E-state index in [1.165, 1.54) is 11.8 Å². The molecule has 24 heavy (non-hydrogen) atoms. The molecule has 0 aromatic heterocycles. The molecule has 0 heterocycles. The average molecular weight is 373 g/mol. The Balaban J connectivity index is 2.37. The van der Waals surface area contributed by atoms with E-state index >= 15 is 0 Å². The standard InChI is InChI=1S/C16H21ClN2O4S/c1-10(24-12-7-5-11(17)6-8-12)14(21)23-9-13(20)18-15(22)19-16(2,3)4/h5-8,10H,9H2,1-4H3,(H2,18,19,20,22)/t10-/m0/s1. The predicted molar refractivity (Wildman–Crippen MR) is 94.2 cm³/mol. The molecule has 1 atom stereocenters. The maximum atomic E-state index is 11.9. The second kappa shape index (κ2) is 8.94. The smallest absolute Gasteiger partial charge is 0.321 e. The number of imide groups is 1. The lowest BCUT2D eigenvalue weighted by Gasteiger charge is -2.20. The maximum absolute atomic E-state index is 11.9. The normalized spacial score (nSPS) is 12.2. The van der Waals surface area contributed by atoms with Crippen molar-refractivity contribution in [2.75, 3.05) is 6.61 Å². The third kappa shape index (κ3) is 8.21. The minimum absolute atomic E-state index is 0.467. The highest BCUT2D eigenvalue weighted by molar-refractivity contribution is 8.00.